The number of benzene rings is 3. The molecule has 2 unspecified atom stereocenters. The Morgan fingerprint density at radius 1 is 0.938 bits per heavy atom. The fourth-order valence-electron chi connectivity index (χ4n) is 4.34. The molecule has 1 fully saturated rings. The van der Waals surface area contributed by atoms with E-state index >= 15 is 0 Å². The van der Waals surface area contributed by atoms with Gasteiger partial charge >= 0.3 is 6.09 Å². The highest BCUT2D eigenvalue weighted by Gasteiger charge is 2.29. The van der Waals surface area contributed by atoms with Crippen molar-refractivity contribution < 1.29 is 18.3 Å². The van der Waals surface area contributed by atoms with Crippen molar-refractivity contribution in [3.8, 4) is 11.1 Å². The van der Waals surface area contributed by atoms with Gasteiger partial charge in [-0.3, -0.25) is 9.89 Å². The van der Waals surface area contributed by atoms with E-state index in [1.54, 1.807) is 4.90 Å². The van der Waals surface area contributed by atoms with Gasteiger partial charge in [0.25, 0.3) is 0 Å². The number of carbonyl (C=O) groups excluding carboxylic acids is 1. The van der Waals surface area contributed by atoms with E-state index in [-0.39, 0.29) is 23.8 Å². The monoisotopic (exact) mass is 432 g/mol. The lowest BCUT2D eigenvalue weighted by Gasteiger charge is -2.13. The van der Waals surface area contributed by atoms with Gasteiger partial charge in [-0.1, -0.05) is 42.5 Å². The van der Waals surface area contributed by atoms with Crippen LogP contribution in [0.5, 0.6) is 0 Å². The Hall–Kier alpha value is -3.54. The van der Waals surface area contributed by atoms with Gasteiger partial charge in [-0.2, -0.15) is 0 Å². The molecule has 0 bridgehead atoms. The van der Waals surface area contributed by atoms with Crippen LogP contribution in [0.25, 0.3) is 11.1 Å². The summed E-state index contributed by atoms with van der Waals surface area (Å²) in [6.45, 7) is 2.42. The van der Waals surface area contributed by atoms with Crippen LogP contribution in [0.4, 0.5) is 19.3 Å². The molecule has 2 atom stereocenters. The van der Waals surface area contributed by atoms with E-state index in [1.807, 2.05) is 55.5 Å². The zero-order valence-electron chi connectivity index (χ0n) is 17.6. The number of amides is 1. The molecule has 0 saturated carbocycles. The minimum Gasteiger partial charge on any atom is -0.444 e. The summed E-state index contributed by atoms with van der Waals surface area (Å²) in [5, 5.41) is 0. The molecule has 2 aliphatic heterocycles. The van der Waals surface area contributed by atoms with E-state index in [1.165, 1.54) is 18.2 Å². The zero-order chi connectivity index (χ0) is 22.2. The Bertz CT molecular complexity index is 1170. The van der Waals surface area contributed by atoms with Gasteiger partial charge in [-0.25, -0.2) is 13.6 Å². The van der Waals surface area contributed by atoms with Gasteiger partial charge in [0.2, 0.25) is 0 Å². The van der Waals surface area contributed by atoms with Crippen LogP contribution in [-0.2, 0) is 4.74 Å². The molecule has 6 heteroatoms. The molecule has 0 N–H and O–H groups in total. The van der Waals surface area contributed by atoms with Gasteiger partial charge in [-0.15, -0.1) is 0 Å². The summed E-state index contributed by atoms with van der Waals surface area (Å²) in [4.78, 5) is 18.1. The van der Waals surface area contributed by atoms with E-state index < -0.39 is 11.6 Å². The Labute approximate surface area is 185 Å². The van der Waals surface area contributed by atoms with Crippen molar-refractivity contribution in [1.29, 1.82) is 0 Å². The number of aliphatic imine (C=N–C) groups is 1. The summed E-state index contributed by atoms with van der Waals surface area (Å²) >= 11 is 0. The van der Waals surface area contributed by atoms with Crippen molar-refractivity contribution in [2.24, 2.45) is 4.99 Å². The van der Waals surface area contributed by atoms with E-state index in [0.29, 0.717) is 18.7 Å². The Kier molecular flexibility index (Phi) is 5.21. The molecule has 1 amide bonds. The summed E-state index contributed by atoms with van der Waals surface area (Å²) in [6.07, 6.45) is 0.842. The van der Waals surface area contributed by atoms with E-state index in [2.05, 4.69) is 4.99 Å². The van der Waals surface area contributed by atoms with Crippen molar-refractivity contribution >= 4 is 17.5 Å². The lowest BCUT2D eigenvalue weighted by Crippen LogP contribution is -2.23. The van der Waals surface area contributed by atoms with Crippen molar-refractivity contribution in [2.45, 2.75) is 31.9 Å². The van der Waals surface area contributed by atoms with Crippen LogP contribution < -0.4 is 4.90 Å². The van der Waals surface area contributed by atoms with Crippen LogP contribution >= 0.6 is 0 Å². The lowest BCUT2D eigenvalue weighted by atomic mass is 9.99. The largest absolute Gasteiger partial charge is 0.444 e. The third kappa shape index (κ3) is 3.77. The number of carbonyl (C=O) groups is 1. The normalized spacial score (nSPS) is 20.4. The summed E-state index contributed by atoms with van der Waals surface area (Å²) in [7, 11) is 0. The smallest absolute Gasteiger partial charge is 0.414 e. The number of hydrogen-bond acceptors (Lipinski definition) is 3. The SMILES string of the molecule is CC1CN(c2ccc(-c3ccc(C4CCC(c5c(F)cccc5F)=N4)cc3)cc2)C(=O)O1. The predicted octanol–water partition coefficient (Wildman–Crippen LogP) is 6.30. The second-order valence-corrected chi connectivity index (χ2v) is 8.20. The van der Waals surface area contributed by atoms with Crippen molar-refractivity contribution in [2.75, 3.05) is 11.4 Å². The lowest BCUT2D eigenvalue weighted by molar-refractivity contribution is 0.150. The molecular formula is C26H22F2N2O2. The number of rotatable bonds is 4. The average Bonchev–Trinajstić information content (AvgIpc) is 3.40. The van der Waals surface area contributed by atoms with Crippen LogP contribution in [-0.4, -0.2) is 24.5 Å². The first-order valence-corrected chi connectivity index (χ1v) is 10.7. The molecule has 2 heterocycles. The summed E-state index contributed by atoms with van der Waals surface area (Å²) in [6, 6.07) is 19.6. The molecule has 1 saturated heterocycles. The third-order valence-corrected chi connectivity index (χ3v) is 5.99. The van der Waals surface area contributed by atoms with Gasteiger partial charge < -0.3 is 4.74 Å². The maximum Gasteiger partial charge on any atom is 0.414 e. The standard InChI is InChI=1S/C26H22F2N2O2/c1-16-15-30(26(31)32-16)20-11-9-18(10-12-20)17-5-7-19(8-6-17)23-13-14-24(29-23)25-21(27)3-2-4-22(25)28/h2-12,16,23H,13-15H2,1H3. The number of anilines is 1. The van der Waals surface area contributed by atoms with E-state index in [0.717, 1.165) is 28.8 Å². The first-order valence-electron chi connectivity index (χ1n) is 10.7. The van der Waals surface area contributed by atoms with Gasteiger partial charge in [0, 0.05) is 11.4 Å². The molecule has 2 aliphatic rings. The van der Waals surface area contributed by atoms with Crippen LogP contribution in [0, 0.1) is 11.6 Å². The highest BCUT2D eigenvalue weighted by molar-refractivity contribution is 6.02. The van der Waals surface area contributed by atoms with E-state index in [4.69, 9.17) is 4.74 Å². The number of ether oxygens (including phenoxy) is 1. The summed E-state index contributed by atoms with van der Waals surface area (Å²) in [5.74, 6) is -1.14. The maximum atomic E-state index is 14.1. The van der Waals surface area contributed by atoms with Crippen molar-refractivity contribution in [3.63, 3.8) is 0 Å². The minimum atomic E-state index is -0.570. The van der Waals surface area contributed by atoms with Crippen molar-refractivity contribution in [1.82, 2.24) is 0 Å². The fourth-order valence-corrected chi connectivity index (χ4v) is 4.34. The van der Waals surface area contributed by atoms with E-state index in [9.17, 15) is 13.6 Å². The molecule has 32 heavy (non-hydrogen) atoms. The number of halogens is 2. The highest BCUT2D eigenvalue weighted by Crippen LogP contribution is 2.34. The second-order valence-electron chi connectivity index (χ2n) is 8.20. The molecule has 3 aromatic rings. The molecular weight excluding hydrogens is 410 g/mol. The van der Waals surface area contributed by atoms with Crippen molar-refractivity contribution in [3.05, 3.63) is 89.5 Å². The quantitative estimate of drug-likeness (QED) is 0.485. The molecule has 162 valence electrons. The maximum absolute atomic E-state index is 14.1. The average molecular weight is 432 g/mol. The molecule has 5 rings (SSSR count). The highest BCUT2D eigenvalue weighted by atomic mass is 19.1. The Balaban J connectivity index is 1.33. The first-order chi connectivity index (χ1) is 15.5. The Morgan fingerprint density at radius 3 is 2.16 bits per heavy atom. The Morgan fingerprint density at radius 2 is 1.56 bits per heavy atom. The van der Waals surface area contributed by atoms with Gasteiger partial charge in [0.05, 0.1) is 18.2 Å². The van der Waals surface area contributed by atoms with Crippen LogP contribution in [0.1, 0.15) is 36.9 Å². The predicted molar refractivity (Wildman–Crippen MR) is 120 cm³/mol. The number of hydrogen-bond donors (Lipinski definition) is 0. The van der Waals surface area contributed by atoms with Crippen LogP contribution in [0.15, 0.2) is 71.7 Å². The molecule has 3 aromatic carbocycles. The molecule has 0 radical (unpaired) electrons. The molecule has 4 nitrogen and oxygen atoms in total. The topological polar surface area (TPSA) is 41.9 Å². The number of nitrogens with zero attached hydrogens (tertiary/aromatic N) is 2. The third-order valence-electron chi connectivity index (χ3n) is 5.99. The van der Waals surface area contributed by atoms with Crippen LogP contribution in [0.2, 0.25) is 0 Å². The van der Waals surface area contributed by atoms with Crippen LogP contribution in [0.3, 0.4) is 0 Å². The molecule has 0 aromatic heterocycles. The summed E-state index contributed by atoms with van der Waals surface area (Å²) in [5.41, 5.74) is 4.38. The summed E-state index contributed by atoms with van der Waals surface area (Å²) < 4.78 is 33.4. The first kappa shape index (κ1) is 20.4. The second kappa shape index (κ2) is 8.19. The van der Waals surface area contributed by atoms with Gasteiger partial charge in [0.1, 0.15) is 17.7 Å². The minimum absolute atomic E-state index is 0.0111. The fraction of sp³-hybridized carbons (Fsp3) is 0.231. The number of cyclic esters (lactones) is 1. The van der Waals surface area contributed by atoms with Gasteiger partial charge in [0.15, 0.2) is 0 Å². The molecule has 0 aliphatic carbocycles. The van der Waals surface area contributed by atoms with Gasteiger partial charge in [-0.05, 0) is 60.7 Å². The molecule has 0 spiro atoms. The zero-order valence-corrected chi connectivity index (χ0v) is 17.6.